The summed E-state index contributed by atoms with van der Waals surface area (Å²) in [6.07, 6.45) is 0. The molecule has 4 heteroatoms. The summed E-state index contributed by atoms with van der Waals surface area (Å²) in [5.41, 5.74) is 4.72. The van der Waals surface area contributed by atoms with Gasteiger partial charge in [0.25, 0.3) is 5.91 Å². The van der Waals surface area contributed by atoms with Crippen LogP contribution in [0.4, 0.5) is 4.39 Å². The number of aromatic nitrogens is 1. The lowest BCUT2D eigenvalue weighted by molar-refractivity contribution is 0.0780. The molecule has 1 heterocycles. The number of amides is 1. The van der Waals surface area contributed by atoms with Crippen LogP contribution in [0.5, 0.6) is 0 Å². The average molecular weight is 310 g/mol. The van der Waals surface area contributed by atoms with Gasteiger partial charge in [-0.25, -0.2) is 4.39 Å². The minimum Gasteiger partial charge on any atom is -0.351 e. The van der Waals surface area contributed by atoms with Crippen molar-refractivity contribution in [3.63, 3.8) is 0 Å². The molecule has 23 heavy (non-hydrogen) atoms. The van der Waals surface area contributed by atoms with E-state index in [0.717, 1.165) is 11.1 Å². The first-order valence-electron chi connectivity index (χ1n) is 7.54. The molecule has 0 spiro atoms. The predicted octanol–water partition coefficient (Wildman–Crippen LogP) is 4.20. The van der Waals surface area contributed by atoms with Crippen molar-refractivity contribution in [2.45, 2.75) is 20.4 Å². The van der Waals surface area contributed by atoms with Crippen LogP contribution >= 0.6 is 0 Å². The number of carbonyl (C=O) groups excluding carboxylic acids is 1. The zero-order chi connectivity index (χ0) is 16.6. The van der Waals surface area contributed by atoms with E-state index in [9.17, 15) is 9.18 Å². The molecule has 3 rings (SSSR count). The van der Waals surface area contributed by atoms with Crippen LogP contribution in [0.25, 0.3) is 10.9 Å². The second-order valence-electron chi connectivity index (χ2n) is 6.01. The first-order chi connectivity index (χ1) is 10.9. The third-order valence-corrected chi connectivity index (χ3v) is 4.07. The summed E-state index contributed by atoms with van der Waals surface area (Å²) in [5.74, 6) is -0.416. The summed E-state index contributed by atoms with van der Waals surface area (Å²) in [4.78, 5) is 17.3. The number of aromatic amines is 1. The first-order valence-corrected chi connectivity index (χ1v) is 7.54. The minimum absolute atomic E-state index is 0.110. The number of aryl methyl sites for hydroxylation is 2. The molecule has 0 unspecified atom stereocenters. The highest BCUT2D eigenvalue weighted by Gasteiger charge is 2.15. The average Bonchev–Trinajstić information content (AvgIpc) is 2.92. The Morgan fingerprint density at radius 3 is 2.65 bits per heavy atom. The maximum absolute atomic E-state index is 13.3. The standard InChI is InChI=1S/C19H19FN2O/c1-12-4-5-14(13(2)8-12)11-22(3)19(23)18-10-15-9-16(20)6-7-17(15)21-18/h4-10,21H,11H2,1-3H3. The number of nitrogens with zero attached hydrogens (tertiary/aromatic N) is 1. The molecule has 0 bridgehead atoms. The Hall–Kier alpha value is -2.62. The molecule has 0 saturated heterocycles. The molecule has 0 aliphatic heterocycles. The Bertz CT molecular complexity index is 882. The lowest BCUT2D eigenvalue weighted by Crippen LogP contribution is -2.26. The molecular weight excluding hydrogens is 291 g/mol. The molecular formula is C19H19FN2O. The second-order valence-corrected chi connectivity index (χ2v) is 6.01. The molecule has 3 aromatic rings. The van der Waals surface area contributed by atoms with Gasteiger partial charge in [0.2, 0.25) is 0 Å². The van der Waals surface area contributed by atoms with Crippen LogP contribution in [-0.2, 0) is 6.54 Å². The SMILES string of the molecule is Cc1ccc(CN(C)C(=O)c2cc3cc(F)ccc3[nH]2)c(C)c1. The molecule has 2 aromatic carbocycles. The van der Waals surface area contributed by atoms with Gasteiger partial charge in [-0.2, -0.15) is 0 Å². The summed E-state index contributed by atoms with van der Waals surface area (Å²) < 4.78 is 13.3. The largest absolute Gasteiger partial charge is 0.351 e. The number of nitrogens with one attached hydrogen (secondary N) is 1. The maximum Gasteiger partial charge on any atom is 0.270 e. The Balaban J connectivity index is 1.83. The Labute approximate surface area is 134 Å². The summed E-state index contributed by atoms with van der Waals surface area (Å²) >= 11 is 0. The molecule has 0 atom stereocenters. The van der Waals surface area contributed by atoms with Crippen LogP contribution in [-0.4, -0.2) is 22.8 Å². The Morgan fingerprint density at radius 2 is 1.91 bits per heavy atom. The van der Waals surface area contributed by atoms with Gasteiger partial charge in [-0.3, -0.25) is 4.79 Å². The fourth-order valence-corrected chi connectivity index (χ4v) is 2.77. The van der Waals surface area contributed by atoms with Gasteiger partial charge in [0.15, 0.2) is 0 Å². The third-order valence-electron chi connectivity index (χ3n) is 4.07. The summed E-state index contributed by atoms with van der Waals surface area (Å²) in [6.45, 7) is 4.64. The molecule has 0 radical (unpaired) electrons. The molecule has 1 aromatic heterocycles. The topological polar surface area (TPSA) is 36.1 Å². The highest BCUT2D eigenvalue weighted by molar-refractivity contribution is 5.97. The van der Waals surface area contributed by atoms with Crippen LogP contribution in [0.1, 0.15) is 27.2 Å². The van der Waals surface area contributed by atoms with E-state index in [1.807, 2.05) is 13.0 Å². The van der Waals surface area contributed by atoms with E-state index in [1.54, 1.807) is 24.1 Å². The number of halogens is 1. The van der Waals surface area contributed by atoms with Crippen molar-refractivity contribution < 1.29 is 9.18 Å². The highest BCUT2D eigenvalue weighted by Crippen LogP contribution is 2.19. The zero-order valence-corrected chi connectivity index (χ0v) is 13.5. The molecule has 3 nitrogen and oxygen atoms in total. The zero-order valence-electron chi connectivity index (χ0n) is 13.5. The lowest BCUT2D eigenvalue weighted by atomic mass is 10.1. The normalized spacial score (nSPS) is 11.0. The van der Waals surface area contributed by atoms with Gasteiger partial charge in [-0.15, -0.1) is 0 Å². The number of hydrogen-bond donors (Lipinski definition) is 1. The van der Waals surface area contributed by atoms with Crippen molar-refractivity contribution >= 4 is 16.8 Å². The van der Waals surface area contributed by atoms with E-state index in [-0.39, 0.29) is 11.7 Å². The summed E-state index contributed by atoms with van der Waals surface area (Å²) in [5, 5.41) is 0.702. The van der Waals surface area contributed by atoms with Gasteiger partial charge >= 0.3 is 0 Å². The van der Waals surface area contributed by atoms with E-state index in [4.69, 9.17) is 0 Å². The van der Waals surface area contributed by atoms with E-state index in [0.29, 0.717) is 17.6 Å². The van der Waals surface area contributed by atoms with Gasteiger partial charge in [-0.1, -0.05) is 23.8 Å². The molecule has 0 aliphatic carbocycles. The van der Waals surface area contributed by atoms with Gasteiger partial charge < -0.3 is 9.88 Å². The van der Waals surface area contributed by atoms with E-state index in [1.165, 1.54) is 23.3 Å². The van der Waals surface area contributed by atoms with Crippen molar-refractivity contribution in [2.75, 3.05) is 7.05 Å². The summed E-state index contributed by atoms with van der Waals surface area (Å²) in [6, 6.07) is 12.4. The van der Waals surface area contributed by atoms with Crippen molar-refractivity contribution in [3.8, 4) is 0 Å². The first kappa shape index (κ1) is 15.3. The van der Waals surface area contributed by atoms with Gasteiger partial charge in [-0.05, 0) is 49.2 Å². The van der Waals surface area contributed by atoms with Crippen LogP contribution < -0.4 is 0 Å². The maximum atomic E-state index is 13.3. The van der Waals surface area contributed by atoms with Crippen LogP contribution in [0.15, 0.2) is 42.5 Å². The molecule has 1 amide bonds. The van der Waals surface area contributed by atoms with E-state index < -0.39 is 0 Å². The Morgan fingerprint density at radius 1 is 1.13 bits per heavy atom. The molecule has 0 aliphatic rings. The monoisotopic (exact) mass is 310 g/mol. The van der Waals surface area contributed by atoms with E-state index in [2.05, 4.69) is 24.0 Å². The smallest absolute Gasteiger partial charge is 0.270 e. The number of H-pyrrole nitrogens is 1. The number of hydrogen-bond acceptors (Lipinski definition) is 1. The predicted molar refractivity (Wildman–Crippen MR) is 90.0 cm³/mol. The van der Waals surface area contributed by atoms with Crippen LogP contribution in [0.3, 0.4) is 0 Å². The number of carbonyl (C=O) groups is 1. The molecule has 0 fully saturated rings. The number of fused-ring (bicyclic) bond motifs is 1. The fourth-order valence-electron chi connectivity index (χ4n) is 2.77. The second kappa shape index (κ2) is 5.88. The highest BCUT2D eigenvalue weighted by atomic mass is 19.1. The van der Waals surface area contributed by atoms with Gasteiger partial charge in [0.1, 0.15) is 11.5 Å². The fraction of sp³-hybridized carbons (Fsp3) is 0.211. The van der Waals surface area contributed by atoms with Crippen molar-refractivity contribution in [1.29, 1.82) is 0 Å². The number of benzene rings is 2. The van der Waals surface area contributed by atoms with Crippen LogP contribution in [0, 0.1) is 19.7 Å². The minimum atomic E-state index is -0.306. The third kappa shape index (κ3) is 3.11. The Kier molecular flexibility index (Phi) is 3.90. The van der Waals surface area contributed by atoms with Gasteiger partial charge in [0.05, 0.1) is 0 Å². The van der Waals surface area contributed by atoms with Crippen molar-refractivity contribution in [1.82, 2.24) is 9.88 Å². The summed E-state index contributed by atoms with van der Waals surface area (Å²) in [7, 11) is 1.77. The van der Waals surface area contributed by atoms with Crippen LogP contribution in [0.2, 0.25) is 0 Å². The van der Waals surface area contributed by atoms with E-state index >= 15 is 0 Å². The van der Waals surface area contributed by atoms with Crippen molar-refractivity contribution in [2.24, 2.45) is 0 Å². The molecule has 118 valence electrons. The molecule has 1 N–H and O–H groups in total. The van der Waals surface area contributed by atoms with Crippen molar-refractivity contribution in [3.05, 3.63) is 70.7 Å². The van der Waals surface area contributed by atoms with Gasteiger partial charge in [0, 0.05) is 24.5 Å². The quantitative estimate of drug-likeness (QED) is 0.773. The lowest BCUT2D eigenvalue weighted by Gasteiger charge is -2.18. The molecule has 0 saturated carbocycles. The number of rotatable bonds is 3.